The number of fused-ring (bicyclic) bond motifs is 2. The second-order valence-corrected chi connectivity index (χ2v) is 19.7. The van der Waals surface area contributed by atoms with Gasteiger partial charge in [-0.25, -0.2) is 0 Å². The first kappa shape index (κ1) is 36.3. The molecule has 2 aromatic rings. The first-order chi connectivity index (χ1) is 19.7. The van der Waals surface area contributed by atoms with Gasteiger partial charge in [0.1, 0.15) is 0 Å². The summed E-state index contributed by atoms with van der Waals surface area (Å²) in [6.07, 6.45) is 12.2. The van der Waals surface area contributed by atoms with Crippen molar-refractivity contribution in [3.63, 3.8) is 0 Å². The van der Waals surface area contributed by atoms with Crippen molar-refractivity contribution in [2.24, 2.45) is 0 Å². The molecule has 0 unspecified atom stereocenters. The van der Waals surface area contributed by atoms with Crippen LogP contribution in [0.15, 0.2) is 30.3 Å². The van der Waals surface area contributed by atoms with Gasteiger partial charge in [0.2, 0.25) is 0 Å². The molecule has 0 radical (unpaired) electrons. The zero-order valence-electron chi connectivity index (χ0n) is 30.3. The van der Waals surface area contributed by atoms with Crippen molar-refractivity contribution >= 4 is 38.6 Å². The van der Waals surface area contributed by atoms with E-state index in [1.165, 1.54) is 96.2 Å². The minimum Gasteiger partial charge on any atom is -0.0675 e. The van der Waals surface area contributed by atoms with E-state index in [9.17, 15) is 0 Å². The van der Waals surface area contributed by atoms with Crippen LogP contribution in [0.25, 0.3) is 0 Å². The minimum atomic E-state index is 0.0888. The molecule has 43 heavy (non-hydrogen) atoms. The highest BCUT2D eigenvalue weighted by molar-refractivity contribution is 7.56. The van der Waals surface area contributed by atoms with Crippen LogP contribution < -0.4 is 10.6 Å². The van der Waals surface area contributed by atoms with Crippen LogP contribution in [0, 0.1) is 0 Å². The fraction of sp³-hybridized carbons (Fsp3) is 0.659. The van der Waals surface area contributed by atoms with Crippen molar-refractivity contribution < 1.29 is 0 Å². The molecule has 238 valence electrons. The standard InChI is InChI=1S/C41H64P2/c1-37(2,3)30-28-33(38(4,5)6)36(34(29-30)39(7,8)9)43-27-26-42-35-31-22-21-23-32(35)41(12,13)25-20-18-16-14-15-17-19-24-40(31,10)11/h21-23,26-29H,14-20,24-25H2,1-13H3. The number of rotatable bonds is 3. The molecule has 0 fully saturated rings. The van der Waals surface area contributed by atoms with Gasteiger partial charge < -0.3 is 0 Å². The number of hydrogen-bond acceptors (Lipinski definition) is 0. The topological polar surface area (TPSA) is 0 Å². The van der Waals surface area contributed by atoms with Gasteiger partial charge in [0.15, 0.2) is 0 Å². The summed E-state index contributed by atoms with van der Waals surface area (Å²) in [6, 6.07) is 12.3. The highest BCUT2D eigenvalue weighted by Gasteiger charge is 2.30. The molecule has 0 amide bonds. The Morgan fingerprint density at radius 1 is 0.535 bits per heavy atom. The Morgan fingerprint density at radius 2 is 0.907 bits per heavy atom. The molecule has 0 aromatic heterocycles. The van der Waals surface area contributed by atoms with Gasteiger partial charge in [-0.1, -0.05) is 182 Å². The summed E-state index contributed by atoms with van der Waals surface area (Å²) in [7, 11) is 2.64. The van der Waals surface area contributed by atoms with Crippen molar-refractivity contribution in [1.82, 2.24) is 0 Å². The van der Waals surface area contributed by atoms with E-state index < -0.39 is 0 Å². The predicted octanol–water partition coefficient (Wildman–Crippen LogP) is 12.1. The van der Waals surface area contributed by atoms with E-state index in [4.69, 9.17) is 0 Å². The Balaban J connectivity index is 2.16. The molecule has 0 saturated heterocycles. The smallest absolute Gasteiger partial charge is 0.00928 e. The average molecular weight is 619 g/mol. The third-order valence-electron chi connectivity index (χ3n) is 9.66. The van der Waals surface area contributed by atoms with Crippen LogP contribution in [-0.4, -0.2) is 11.6 Å². The predicted molar refractivity (Wildman–Crippen MR) is 202 cm³/mol. The van der Waals surface area contributed by atoms with Gasteiger partial charge in [-0.05, 0) is 79.3 Å². The zero-order chi connectivity index (χ0) is 32.3. The minimum absolute atomic E-state index is 0.0888. The maximum atomic E-state index is 2.51. The van der Waals surface area contributed by atoms with Gasteiger partial charge in [0, 0.05) is 10.6 Å². The molecule has 0 heterocycles. The van der Waals surface area contributed by atoms with E-state index in [0.29, 0.717) is 0 Å². The van der Waals surface area contributed by atoms with E-state index in [0.717, 1.165) is 0 Å². The summed E-state index contributed by atoms with van der Waals surface area (Å²) < 4.78 is 0. The van der Waals surface area contributed by atoms with Crippen LogP contribution >= 0.6 is 16.4 Å². The van der Waals surface area contributed by atoms with E-state index in [2.05, 4.69) is 132 Å². The maximum Gasteiger partial charge on any atom is 0.00928 e. The molecular formula is C41H64P2. The van der Waals surface area contributed by atoms with Crippen LogP contribution in [0.4, 0.5) is 0 Å². The summed E-state index contributed by atoms with van der Waals surface area (Å²) in [4.78, 5) is 0. The Labute approximate surface area is 270 Å². The molecule has 2 heteroatoms. The van der Waals surface area contributed by atoms with Gasteiger partial charge in [-0.2, -0.15) is 0 Å². The fourth-order valence-corrected chi connectivity index (χ4v) is 9.57. The lowest BCUT2D eigenvalue weighted by molar-refractivity contribution is 0.422. The Kier molecular flexibility index (Phi) is 11.8. The fourth-order valence-electron chi connectivity index (χ4n) is 6.63. The maximum absolute atomic E-state index is 2.51. The molecule has 1 aliphatic carbocycles. The summed E-state index contributed by atoms with van der Waals surface area (Å²) in [5.74, 6) is 4.92. The average Bonchev–Trinajstić information content (AvgIpc) is 2.87. The van der Waals surface area contributed by atoms with E-state index in [1.807, 2.05) is 0 Å². The monoisotopic (exact) mass is 618 g/mol. The first-order valence-electron chi connectivity index (χ1n) is 17.2. The third kappa shape index (κ3) is 9.64. The van der Waals surface area contributed by atoms with Crippen LogP contribution in [0.2, 0.25) is 0 Å². The Morgan fingerprint density at radius 3 is 1.28 bits per heavy atom. The van der Waals surface area contributed by atoms with Gasteiger partial charge in [0.25, 0.3) is 0 Å². The lowest BCUT2D eigenvalue weighted by atomic mass is 9.74. The molecular weight excluding hydrogens is 554 g/mol. The van der Waals surface area contributed by atoms with Gasteiger partial charge >= 0.3 is 0 Å². The van der Waals surface area contributed by atoms with Crippen molar-refractivity contribution in [3.05, 3.63) is 58.1 Å². The Hall–Kier alpha value is -1.22. The molecule has 0 N–H and O–H groups in total. The third-order valence-corrected chi connectivity index (χ3v) is 12.0. The van der Waals surface area contributed by atoms with Crippen molar-refractivity contribution in [2.45, 2.75) is 175 Å². The van der Waals surface area contributed by atoms with Crippen LogP contribution in [0.1, 0.15) is 176 Å². The molecule has 3 rings (SSSR count). The van der Waals surface area contributed by atoms with E-state index in [-0.39, 0.29) is 27.1 Å². The second kappa shape index (κ2) is 14.0. The van der Waals surface area contributed by atoms with Gasteiger partial charge in [0.05, 0.1) is 0 Å². The van der Waals surface area contributed by atoms with Crippen LogP contribution in [0.3, 0.4) is 0 Å². The zero-order valence-corrected chi connectivity index (χ0v) is 32.1. The molecule has 0 spiro atoms. The quantitative estimate of drug-likeness (QED) is 0.300. The second-order valence-electron chi connectivity index (χ2n) is 17.7. The van der Waals surface area contributed by atoms with Crippen LogP contribution in [0.5, 0.6) is 0 Å². The highest BCUT2D eigenvalue weighted by Crippen LogP contribution is 2.37. The molecule has 0 atom stereocenters. The summed E-state index contributed by atoms with van der Waals surface area (Å²) in [6.45, 7) is 31.3. The van der Waals surface area contributed by atoms with Gasteiger partial charge in [-0.3, -0.25) is 0 Å². The van der Waals surface area contributed by atoms with E-state index in [1.54, 1.807) is 16.4 Å². The molecule has 0 nitrogen and oxygen atoms in total. The summed E-state index contributed by atoms with van der Waals surface area (Å²) >= 11 is 0. The largest absolute Gasteiger partial charge is 0.0675 e. The lowest BCUT2D eigenvalue weighted by Crippen LogP contribution is -2.30. The summed E-state index contributed by atoms with van der Waals surface area (Å²) in [5.41, 5.74) is 8.26. The molecule has 1 aliphatic rings. The SMILES string of the molecule is CC(C)(C)c1cc(C(C)(C)C)c(P=CC=Pc2c3cccc2C(C)(C)CCCCCCCCCC3(C)C)c(C(C)(C)C)c1. The number of hydrogen-bond donors (Lipinski definition) is 0. The normalized spacial score (nSPS) is 19.1. The van der Waals surface area contributed by atoms with Crippen LogP contribution in [-0.2, 0) is 27.1 Å². The first-order valence-corrected chi connectivity index (χ1v) is 19.1. The molecule has 2 aromatic carbocycles. The summed E-state index contributed by atoms with van der Waals surface area (Å²) in [5, 5.41) is 3.07. The number of benzene rings is 2. The molecule has 2 bridgehead atoms. The van der Waals surface area contributed by atoms with E-state index >= 15 is 0 Å². The van der Waals surface area contributed by atoms with Crippen molar-refractivity contribution in [2.75, 3.05) is 0 Å². The lowest BCUT2D eigenvalue weighted by Gasteiger charge is -2.33. The Bertz CT molecular complexity index is 1210. The van der Waals surface area contributed by atoms with Crippen molar-refractivity contribution in [3.8, 4) is 0 Å². The van der Waals surface area contributed by atoms with Crippen molar-refractivity contribution in [1.29, 1.82) is 0 Å². The highest BCUT2D eigenvalue weighted by atomic mass is 31.1. The van der Waals surface area contributed by atoms with Gasteiger partial charge in [-0.15, -0.1) is 0 Å². The molecule has 0 saturated carbocycles. The molecule has 0 aliphatic heterocycles.